The van der Waals surface area contributed by atoms with Gasteiger partial charge in [-0.2, -0.15) is 0 Å². The predicted molar refractivity (Wildman–Crippen MR) is 106 cm³/mol. The second kappa shape index (κ2) is 7.50. The number of nitrogens with zero attached hydrogens (tertiary/aromatic N) is 4. The maximum atomic E-state index is 12.2. The van der Waals surface area contributed by atoms with Crippen LogP contribution in [0.25, 0.3) is 0 Å². The number of anilines is 2. The van der Waals surface area contributed by atoms with Crippen molar-refractivity contribution in [3.63, 3.8) is 0 Å². The minimum atomic E-state index is -0.445. The molecule has 2 aliphatic heterocycles. The zero-order chi connectivity index (χ0) is 19.8. The lowest BCUT2D eigenvalue weighted by molar-refractivity contribution is -0.123. The largest absolute Gasteiger partial charge is 0.324 e. The summed E-state index contributed by atoms with van der Waals surface area (Å²) < 4.78 is 0. The summed E-state index contributed by atoms with van der Waals surface area (Å²) in [5, 5.41) is 5.37. The highest BCUT2D eigenvalue weighted by molar-refractivity contribution is 7.14. The van der Waals surface area contributed by atoms with Crippen LogP contribution >= 0.6 is 22.9 Å². The molecule has 4 amide bonds. The van der Waals surface area contributed by atoms with Crippen molar-refractivity contribution in [3.05, 3.63) is 40.4 Å². The lowest BCUT2D eigenvalue weighted by Crippen LogP contribution is -2.52. The summed E-state index contributed by atoms with van der Waals surface area (Å²) in [6, 6.07) is 6.31. The van der Waals surface area contributed by atoms with Crippen LogP contribution in [0.3, 0.4) is 0 Å². The van der Waals surface area contributed by atoms with E-state index < -0.39 is 6.04 Å². The molecule has 1 unspecified atom stereocenters. The Morgan fingerprint density at radius 2 is 2.21 bits per heavy atom. The second-order valence-electron chi connectivity index (χ2n) is 6.69. The van der Waals surface area contributed by atoms with Gasteiger partial charge in [-0.05, 0) is 18.2 Å². The molecule has 4 rings (SSSR count). The standard InChI is InChI=1S/C18H18ClN5O3S/c1-11(25)24(14-4-2-3-12(19)7-14)18-20-13(10-28-18)8-22-5-6-23-15(9-22)16(26)21-17(23)27/h2-4,7,10,15H,5-6,8-9H2,1H3,(H,21,26,27). The first-order chi connectivity index (χ1) is 13.4. The molecule has 2 fully saturated rings. The van der Waals surface area contributed by atoms with Crippen LogP contribution in [0.1, 0.15) is 12.6 Å². The smallest absolute Gasteiger partial charge is 0.310 e. The quantitative estimate of drug-likeness (QED) is 0.768. The summed E-state index contributed by atoms with van der Waals surface area (Å²) in [6.07, 6.45) is 0. The van der Waals surface area contributed by atoms with Gasteiger partial charge in [0.15, 0.2) is 5.13 Å². The normalized spacial score (nSPS) is 19.5. The van der Waals surface area contributed by atoms with Crippen molar-refractivity contribution < 1.29 is 14.4 Å². The summed E-state index contributed by atoms with van der Waals surface area (Å²) in [6.45, 7) is 3.66. The van der Waals surface area contributed by atoms with E-state index in [0.717, 1.165) is 5.69 Å². The number of carbonyl (C=O) groups excluding carboxylic acids is 3. The van der Waals surface area contributed by atoms with Crippen LogP contribution in [0.4, 0.5) is 15.6 Å². The van der Waals surface area contributed by atoms with Crippen molar-refractivity contribution in [2.45, 2.75) is 19.5 Å². The van der Waals surface area contributed by atoms with Gasteiger partial charge in [0.1, 0.15) is 6.04 Å². The minimum Gasteiger partial charge on any atom is -0.310 e. The Bertz CT molecular complexity index is 949. The molecule has 1 aromatic heterocycles. The third-order valence-electron chi connectivity index (χ3n) is 4.76. The van der Waals surface area contributed by atoms with Gasteiger partial charge in [0.2, 0.25) is 5.91 Å². The maximum absolute atomic E-state index is 12.2. The van der Waals surface area contributed by atoms with E-state index in [9.17, 15) is 14.4 Å². The van der Waals surface area contributed by atoms with Gasteiger partial charge >= 0.3 is 6.03 Å². The van der Waals surface area contributed by atoms with E-state index in [1.807, 2.05) is 11.4 Å². The van der Waals surface area contributed by atoms with Crippen LogP contribution in [0.2, 0.25) is 5.02 Å². The number of nitrogens with one attached hydrogen (secondary N) is 1. The average molecular weight is 420 g/mol. The van der Waals surface area contributed by atoms with Crippen LogP contribution in [0, 0.1) is 0 Å². The fraction of sp³-hybridized carbons (Fsp3) is 0.333. The molecule has 0 bridgehead atoms. The van der Waals surface area contributed by atoms with Gasteiger partial charge in [0.25, 0.3) is 5.91 Å². The highest BCUT2D eigenvalue weighted by atomic mass is 35.5. The van der Waals surface area contributed by atoms with E-state index in [4.69, 9.17) is 11.6 Å². The third-order valence-corrected chi connectivity index (χ3v) is 5.87. The van der Waals surface area contributed by atoms with Gasteiger partial charge in [-0.3, -0.25) is 24.7 Å². The lowest BCUT2D eigenvalue weighted by Gasteiger charge is -2.34. The van der Waals surface area contributed by atoms with E-state index in [0.29, 0.717) is 42.0 Å². The Morgan fingerprint density at radius 1 is 1.39 bits per heavy atom. The zero-order valence-corrected chi connectivity index (χ0v) is 16.7. The molecule has 0 saturated carbocycles. The Kier molecular flexibility index (Phi) is 5.05. The van der Waals surface area contributed by atoms with E-state index in [-0.39, 0.29) is 17.8 Å². The molecule has 2 aliphatic rings. The number of imide groups is 1. The molecule has 0 spiro atoms. The third kappa shape index (κ3) is 3.60. The van der Waals surface area contributed by atoms with Gasteiger partial charge in [-0.15, -0.1) is 11.3 Å². The van der Waals surface area contributed by atoms with Crippen LogP contribution in [0.5, 0.6) is 0 Å². The van der Waals surface area contributed by atoms with Crippen molar-refractivity contribution in [2.24, 2.45) is 0 Å². The molecule has 3 heterocycles. The highest BCUT2D eigenvalue weighted by Gasteiger charge is 2.41. The van der Waals surface area contributed by atoms with Crippen LogP contribution in [0.15, 0.2) is 29.6 Å². The van der Waals surface area contributed by atoms with Crippen molar-refractivity contribution in [1.29, 1.82) is 0 Å². The van der Waals surface area contributed by atoms with Gasteiger partial charge in [-0.1, -0.05) is 17.7 Å². The Labute approximate surface area is 170 Å². The fourth-order valence-corrected chi connectivity index (χ4v) is 4.52. The number of hydrogen-bond donors (Lipinski definition) is 1. The number of carbonyl (C=O) groups is 3. The molecule has 10 heteroatoms. The summed E-state index contributed by atoms with van der Waals surface area (Å²) >= 11 is 7.44. The summed E-state index contributed by atoms with van der Waals surface area (Å²) in [5.74, 6) is -0.407. The first-order valence-electron chi connectivity index (χ1n) is 8.77. The van der Waals surface area contributed by atoms with Crippen LogP contribution in [-0.4, -0.2) is 58.3 Å². The lowest BCUT2D eigenvalue weighted by atomic mass is 10.2. The second-order valence-corrected chi connectivity index (χ2v) is 7.97. The van der Waals surface area contributed by atoms with Crippen molar-refractivity contribution in [1.82, 2.24) is 20.1 Å². The number of urea groups is 1. The molecule has 2 aromatic rings. The van der Waals surface area contributed by atoms with E-state index in [1.54, 1.807) is 23.1 Å². The summed E-state index contributed by atoms with van der Waals surface area (Å²) in [7, 11) is 0. The maximum Gasteiger partial charge on any atom is 0.324 e. The topological polar surface area (TPSA) is 85.8 Å². The first-order valence-corrected chi connectivity index (χ1v) is 10.0. The average Bonchev–Trinajstić information content (AvgIpc) is 3.20. The number of rotatable bonds is 4. The Morgan fingerprint density at radius 3 is 2.96 bits per heavy atom. The highest BCUT2D eigenvalue weighted by Crippen LogP contribution is 2.31. The van der Waals surface area contributed by atoms with Crippen molar-refractivity contribution in [3.8, 4) is 0 Å². The van der Waals surface area contributed by atoms with Crippen LogP contribution in [-0.2, 0) is 16.1 Å². The molecule has 146 valence electrons. The number of benzene rings is 1. The Hall–Kier alpha value is -2.49. The van der Waals surface area contributed by atoms with Crippen molar-refractivity contribution in [2.75, 3.05) is 24.5 Å². The SMILES string of the molecule is CC(=O)N(c1cccc(Cl)c1)c1nc(CN2CCN3C(=O)NC(=O)C3C2)cs1. The number of halogens is 1. The molecular weight excluding hydrogens is 402 g/mol. The minimum absolute atomic E-state index is 0.155. The van der Waals surface area contributed by atoms with Crippen molar-refractivity contribution >= 4 is 51.6 Å². The number of thiazole rings is 1. The predicted octanol–water partition coefficient (Wildman–Crippen LogP) is 2.22. The number of aromatic nitrogens is 1. The molecule has 28 heavy (non-hydrogen) atoms. The van der Waals surface area contributed by atoms with Gasteiger partial charge in [0, 0.05) is 43.5 Å². The molecule has 1 aromatic carbocycles. The van der Waals surface area contributed by atoms with Crippen LogP contribution < -0.4 is 10.2 Å². The Balaban J connectivity index is 1.49. The molecule has 8 nitrogen and oxygen atoms in total. The summed E-state index contributed by atoms with van der Waals surface area (Å²) in [4.78, 5) is 45.6. The number of fused-ring (bicyclic) bond motifs is 1. The van der Waals surface area contributed by atoms with E-state index >= 15 is 0 Å². The van der Waals surface area contributed by atoms with Gasteiger partial charge < -0.3 is 4.90 Å². The fourth-order valence-electron chi connectivity index (χ4n) is 3.45. The van der Waals surface area contributed by atoms with E-state index in [2.05, 4.69) is 15.2 Å². The molecule has 2 saturated heterocycles. The molecule has 0 radical (unpaired) electrons. The molecule has 0 aliphatic carbocycles. The number of piperazine rings is 1. The number of amides is 4. The first kappa shape index (κ1) is 18.9. The van der Waals surface area contributed by atoms with E-state index in [1.165, 1.54) is 23.2 Å². The zero-order valence-electron chi connectivity index (χ0n) is 15.1. The number of hydrogen-bond acceptors (Lipinski definition) is 6. The molecule has 1 N–H and O–H groups in total. The summed E-state index contributed by atoms with van der Waals surface area (Å²) in [5.41, 5.74) is 1.47. The monoisotopic (exact) mass is 419 g/mol. The van der Waals surface area contributed by atoms with Gasteiger partial charge in [-0.25, -0.2) is 9.78 Å². The van der Waals surface area contributed by atoms with Gasteiger partial charge in [0.05, 0.1) is 11.4 Å². The molecule has 1 atom stereocenters. The molecular formula is C18H18ClN5O3S.